The van der Waals surface area contributed by atoms with Crippen molar-refractivity contribution in [3.8, 4) is 0 Å². The summed E-state index contributed by atoms with van der Waals surface area (Å²) in [5, 5.41) is 3.31. The van der Waals surface area contributed by atoms with E-state index in [-0.39, 0.29) is 12.0 Å². The van der Waals surface area contributed by atoms with E-state index in [4.69, 9.17) is 4.74 Å². The number of carbonyl (C=O) groups is 1. The van der Waals surface area contributed by atoms with Crippen LogP contribution < -0.4 is 5.32 Å². The van der Waals surface area contributed by atoms with Crippen LogP contribution in [0.2, 0.25) is 0 Å². The molecule has 0 saturated carbocycles. The van der Waals surface area contributed by atoms with Crippen LogP contribution in [0.25, 0.3) is 0 Å². The first kappa shape index (κ1) is 17.8. The molecular weight excluding hydrogens is 345 g/mol. The summed E-state index contributed by atoms with van der Waals surface area (Å²) in [6, 6.07) is 0. The number of halogens is 1. The number of rotatable bonds is 5. The summed E-state index contributed by atoms with van der Waals surface area (Å²) in [5.41, 5.74) is 0. The quantitative estimate of drug-likeness (QED) is 0.871. The van der Waals surface area contributed by atoms with Crippen molar-refractivity contribution in [2.24, 2.45) is 0 Å². The first-order valence-corrected chi connectivity index (χ1v) is 8.93. The van der Waals surface area contributed by atoms with Crippen molar-refractivity contribution < 1.29 is 13.9 Å². The number of anilines is 1. The summed E-state index contributed by atoms with van der Waals surface area (Å²) in [5.74, 6) is 0.0229. The Labute approximate surface area is 149 Å². The van der Waals surface area contributed by atoms with E-state index < -0.39 is 5.82 Å². The van der Waals surface area contributed by atoms with Crippen LogP contribution in [0.5, 0.6) is 0 Å². The van der Waals surface area contributed by atoms with Gasteiger partial charge >= 0.3 is 0 Å². The number of thiazole rings is 1. The number of amides is 1. The van der Waals surface area contributed by atoms with Gasteiger partial charge in [-0.1, -0.05) is 0 Å². The maximum absolute atomic E-state index is 12.9. The summed E-state index contributed by atoms with van der Waals surface area (Å²) in [7, 11) is 0. The van der Waals surface area contributed by atoms with Gasteiger partial charge in [-0.15, -0.1) is 11.3 Å². The average Bonchev–Trinajstić information content (AvgIpc) is 2.87. The van der Waals surface area contributed by atoms with Crippen LogP contribution in [-0.2, 0) is 22.5 Å². The zero-order chi connectivity index (χ0) is 17.6. The predicted molar refractivity (Wildman–Crippen MR) is 91.7 cm³/mol. The van der Waals surface area contributed by atoms with Crippen molar-refractivity contribution in [1.29, 1.82) is 0 Å². The van der Waals surface area contributed by atoms with Gasteiger partial charge in [0.1, 0.15) is 5.82 Å². The number of aromatic nitrogens is 3. The molecule has 2 aromatic heterocycles. The highest BCUT2D eigenvalue weighted by Gasteiger charge is 2.21. The van der Waals surface area contributed by atoms with Crippen molar-refractivity contribution in [1.82, 2.24) is 19.9 Å². The Balaban J connectivity index is 1.58. The second-order valence-corrected chi connectivity index (χ2v) is 7.03. The minimum atomic E-state index is -0.438. The maximum Gasteiger partial charge on any atom is 0.223 e. The first-order chi connectivity index (χ1) is 12.1. The molecule has 1 aliphatic heterocycles. The molecule has 134 valence electrons. The Bertz CT molecular complexity index is 709. The minimum Gasteiger partial charge on any atom is -0.376 e. The molecule has 1 N–H and O–H groups in total. The SMILES string of the molecule is CC(=O)Nc1ncc(CN2CCCO[C@H](Cc3ncc(F)cn3)C2)s1. The fourth-order valence-electron chi connectivity index (χ4n) is 2.69. The van der Waals surface area contributed by atoms with Crippen LogP contribution in [0.15, 0.2) is 18.6 Å². The van der Waals surface area contributed by atoms with Crippen LogP contribution in [-0.4, -0.2) is 51.6 Å². The molecule has 1 fully saturated rings. The molecule has 0 radical (unpaired) electrons. The summed E-state index contributed by atoms with van der Waals surface area (Å²) >= 11 is 1.48. The number of carbonyl (C=O) groups excluding carboxylic acids is 1. The molecule has 1 atom stereocenters. The van der Waals surface area contributed by atoms with Gasteiger partial charge in [-0.05, 0) is 6.42 Å². The molecule has 0 aromatic carbocycles. The third-order valence-corrected chi connectivity index (χ3v) is 4.63. The second kappa shape index (κ2) is 8.41. The molecule has 2 aromatic rings. The van der Waals surface area contributed by atoms with Crippen molar-refractivity contribution in [2.45, 2.75) is 32.4 Å². The number of nitrogens with one attached hydrogen (secondary N) is 1. The molecule has 1 aliphatic rings. The Morgan fingerprint density at radius 2 is 2.20 bits per heavy atom. The minimum absolute atomic E-state index is 0.0318. The first-order valence-electron chi connectivity index (χ1n) is 8.11. The summed E-state index contributed by atoms with van der Waals surface area (Å²) < 4.78 is 18.8. The third-order valence-electron chi connectivity index (χ3n) is 3.73. The molecule has 1 amide bonds. The molecule has 3 heterocycles. The van der Waals surface area contributed by atoms with Gasteiger partial charge in [0.05, 0.1) is 18.5 Å². The lowest BCUT2D eigenvalue weighted by molar-refractivity contribution is -0.114. The Hall–Kier alpha value is -1.97. The van der Waals surface area contributed by atoms with Crippen molar-refractivity contribution in [3.05, 3.63) is 35.1 Å². The van der Waals surface area contributed by atoms with Gasteiger partial charge < -0.3 is 10.1 Å². The smallest absolute Gasteiger partial charge is 0.223 e. The fraction of sp³-hybridized carbons (Fsp3) is 0.500. The predicted octanol–water partition coefficient (Wildman–Crippen LogP) is 1.86. The van der Waals surface area contributed by atoms with Crippen molar-refractivity contribution in [3.63, 3.8) is 0 Å². The lowest BCUT2D eigenvalue weighted by atomic mass is 10.2. The zero-order valence-corrected chi connectivity index (χ0v) is 14.8. The molecule has 0 aliphatic carbocycles. The van der Waals surface area contributed by atoms with E-state index >= 15 is 0 Å². The van der Waals surface area contributed by atoms with Crippen LogP contribution >= 0.6 is 11.3 Å². The third kappa shape index (κ3) is 5.52. The fourth-order valence-corrected chi connectivity index (χ4v) is 3.60. The Morgan fingerprint density at radius 3 is 2.96 bits per heavy atom. The molecule has 0 unspecified atom stereocenters. The van der Waals surface area contributed by atoms with Crippen LogP contribution in [0, 0.1) is 5.82 Å². The van der Waals surface area contributed by atoms with Crippen LogP contribution in [0.1, 0.15) is 24.0 Å². The average molecular weight is 365 g/mol. The second-order valence-electron chi connectivity index (χ2n) is 5.92. The van der Waals surface area contributed by atoms with E-state index in [0.29, 0.717) is 24.0 Å². The van der Waals surface area contributed by atoms with Gasteiger partial charge in [-0.2, -0.15) is 0 Å². The van der Waals surface area contributed by atoms with E-state index in [1.165, 1.54) is 30.7 Å². The topological polar surface area (TPSA) is 80.2 Å². The standard InChI is InChI=1S/C16H20FN5O2S/c1-11(23)21-16-20-8-14(25-16)10-22-3-2-4-24-13(9-22)5-15-18-6-12(17)7-19-15/h6-8,13H,2-5,9-10H2,1H3,(H,20,21,23)/t13-/m1/s1. The van der Waals surface area contributed by atoms with Gasteiger partial charge in [-0.25, -0.2) is 19.3 Å². The molecule has 3 rings (SSSR count). The zero-order valence-electron chi connectivity index (χ0n) is 13.9. The largest absolute Gasteiger partial charge is 0.376 e. The molecule has 1 saturated heterocycles. The van der Waals surface area contributed by atoms with Crippen molar-refractivity contribution >= 4 is 22.4 Å². The van der Waals surface area contributed by atoms with E-state index in [9.17, 15) is 9.18 Å². The highest BCUT2D eigenvalue weighted by molar-refractivity contribution is 7.15. The number of ether oxygens (including phenoxy) is 1. The summed E-state index contributed by atoms with van der Waals surface area (Å²) in [6.07, 6.45) is 5.61. The molecular formula is C16H20FN5O2S. The van der Waals surface area contributed by atoms with Gasteiger partial charge in [0.2, 0.25) is 5.91 Å². The molecule has 0 spiro atoms. The highest BCUT2D eigenvalue weighted by Crippen LogP contribution is 2.21. The lowest BCUT2D eigenvalue weighted by Gasteiger charge is -2.22. The van der Waals surface area contributed by atoms with Gasteiger partial charge in [0.25, 0.3) is 0 Å². The summed E-state index contributed by atoms with van der Waals surface area (Å²) in [4.78, 5) is 26.7. The molecule has 9 heteroatoms. The van der Waals surface area contributed by atoms with E-state index in [0.717, 1.165) is 30.9 Å². The van der Waals surface area contributed by atoms with Crippen LogP contribution in [0.3, 0.4) is 0 Å². The molecule has 7 nitrogen and oxygen atoms in total. The van der Waals surface area contributed by atoms with E-state index in [2.05, 4.69) is 25.2 Å². The monoisotopic (exact) mass is 365 g/mol. The summed E-state index contributed by atoms with van der Waals surface area (Å²) in [6.45, 7) is 4.57. The number of hydrogen-bond donors (Lipinski definition) is 1. The highest BCUT2D eigenvalue weighted by atomic mass is 32.1. The maximum atomic E-state index is 12.9. The van der Waals surface area contributed by atoms with Gasteiger partial charge in [-0.3, -0.25) is 9.69 Å². The Morgan fingerprint density at radius 1 is 1.40 bits per heavy atom. The van der Waals surface area contributed by atoms with Gasteiger partial charge in [0, 0.05) is 50.7 Å². The van der Waals surface area contributed by atoms with Crippen molar-refractivity contribution in [2.75, 3.05) is 25.0 Å². The Kier molecular flexibility index (Phi) is 6.00. The molecule has 25 heavy (non-hydrogen) atoms. The number of nitrogens with zero attached hydrogens (tertiary/aromatic N) is 4. The normalized spacial score (nSPS) is 18.7. The lowest BCUT2D eigenvalue weighted by Crippen LogP contribution is -2.32. The number of hydrogen-bond acceptors (Lipinski definition) is 7. The molecule has 0 bridgehead atoms. The van der Waals surface area contributed by atoms with E-state index in [1.54, 1.807) is 6.20 Å². The van der Waals surface area contributed by atoms with Crippen LogP contribution in [0.4, 0.5) is 9.52 Å². The van der Waals surface area contributed by atoms with Gasteiger partial charge in [0.15, 0.2) is 10.9 Å². The van der Waals surface area contributed by atoms with E-state index in [1.807, 2.05) is 0 Å².